The number of carbonyl (C=O) groups is 1. The summed E-state index contributed by atoms with van der Waals surface area (Å²) in [6, 6.07) is 8.68. The maximum absolute atomic E-state index is 13.2. The van der Waals surface area contributed by atoms with Crippen LogP contribution in [0.4, 0.5) is 4.39 Å². The SMILES string of the molecule is O=C(CCn1cccn1)N1CCC[C@H](CCc2cccc(F)c2)C1. The van der Waals surface area contributed by atoms with Crippen LogP contribution in [0, 0.1) is 11.7 Å². The monoisotopic (exact) mass is 329 g/mol. The third-order valence-corrected chi connectivity index (χ3v) is 4.72. The van der Waals surface area contributed by atoms with Crippen molar-refractivity contribution in [3.05, 3.63) is 54.1 Å². The van der Waals surface area contributed by atoms with Crippen molar-refractivity contribution in [1.29, 1.82) is 0 Å². The number of benzene rings is 1. The quantitative estimate of drug-likeness (QED) is 0.816. The maximum Gasteiger partial charge on any atom is 0.224 e. The summed E-state index contributed by atoms with van der Waals surface area (Å²) in [5, 5.41) is 4.13. The first kappa shape index (κ1) is 16.7. The molecule has 1 aliphatic rings. The number of hydrogen-bond acceptors (Lipinski definition) is 2. The molecule has 2 heterocycles. The molecule has 1 aliphatic heterocycles. The number of carbonyl (C=O) groups excluding carboxylic acids is 1. The minimum atomic E-state index is -0.174. The molecule has 2 aromatic rings. The Labute approximate surface area is 142 Å². The third-order valence-electron chi connectivity index (χ3n) is 4.72. The maximum atomic E-state index is 13.2. The van der Waals surface area contributed by atoms with Crippen molar-refractivity contribution in [3.8, 4) is 0 Å². The highest BCUT2D eigenvalue weighted by Gasteiger charge is 2.23. The van der Waals surface area contributed by atoms with E-state index in [1.807, 2.05) is 23.2 Å². The molecule has 1 saturated heterocycles. The number of rotatable bonds is 6. The average Bonchev–Trinajstić information content (AvgIpc) is 3.12. The molecule has 1 amide bonds. The van der Waals surface area contributed by atoms with Gasteiger partial charge in [-0.2, -0.15) is 5.10 Å². The molecule has 128 valence electrons. The van der Waals surface area contributed by atoms with Crippen LogP contribution in [0.2, 0.25) is 0 Å². The Morgan fingerprint density at radius 2 is 2.25 bits per heavy atom. The number of piperidine rings is 1. The lowest BCUT2D eigenvalue weighted by atomic mass is 9.91. The van der Waals surface area contributed by atoms with Crippen molar-refractivity contribution in [2.75, 3.05) is 13.1 Å². The summed E-state index contributed by atoms with van der Waals surface area (Å²) in [6.07, 6.45) is 8.20. The van der Waals surface area contributed by atoms with Gasteiger partial charge in [0.25, 0.3) is 0 Å². The van der Waals surface area contributed by atoms with Crippen LogP contribution in [0.3, 0.4) is 0 Å². The van der Waals surface area contributed by atoms with Crippen molar-refractivity contribution >= 4 is 5.91 Å². The summed E-state index contributed by atoms with van der Waals surface area (Å²) in [5.74, 6) is 0.545. The fourth-order valence-corrected chi connectivity index (χ4v) is 3.39. The summed E-state index contributed by atoms with van der Waals surface area (Å²) in [4.78, 5) is 14.4. The highest BCUT2D eigenvalue weighted by molar-refractivity contribution is 5.76. The molecule has 0 unspecified atom stereocenters. The Morgan fingerprint density at radius 1 is 1.33 bits per heavy atom. The van der Waals surface area contributed by atoms with E-state index in [-0.39, 0.29) is 11.7 Å². The molecule has 3 rings (SSSR count). The first-order chi connectivity index (χ1) is 11.7. The molecule has 1 aromatic carbocycles. The van der Waals surface area contributed by atoms with Gasteiger partial charge < -0.3 is 4.90 Å². The molecule has 0 N–H and O–H groups in total. The van der Waals surface area contributed by atoms with Gasteiger partial charge in [-0.3, -0.25) is 9.48 Å². The van der Waals surface area contributed by atoms with Crippen LogP contribution in [0.25, 0.3) is 0 Å². The van der Waals surface area contributed by atoms with Gasteiger partial charge in [0.1, 0.15) is 5.82 Å². The lowest BCUT2D eigenvalue weighted by Gasteiger charge is -2.33. The zero-order chi connectivity index (χ0) is 16.8. The number of aryl methyl sites for hydroxylation is 2. The van der Waals surface area contributed by atoms with Crippen LogP contribution < -0.4 is 0 Å². The second-order valence-electron chi connectivity index (χ2n) is 6.54. The van der Waals surface area contributed by atoms with E-state index < -0.39 is 0 Å². The Balaban J connectivity index is 1.46. The molecule has 0 spiro atoms. The van der Waals surface area contributed by atoms with Gasteiger partial charge in [0.2, 0.25) is 5.91 Å². The van der Waals surface area contributed by atoms with Crippen LogP contribution in [0.15, 0.2) is 42.7 Å². The summed E-state index contributed by atoms with van der Waals surface area (Å²) in [7, 11) is 0. The molecule has 0 aliphatic carbocycles. The fraction of sp³-hybridized carbons (Fsp3) is 0.474. The molecule has 1 atom stereocenters. The number of halogens is 1. The van der Waals surface area contributed by atoms with Gasteiger partial charge in [0, 0.05) is 38.4 Å². The van der Waals surface area contributed by atoms with E-state index in [9.17, 15) is 9.18 Å². The summed E-state index contributed by atoms with van der Waals surface area (Å²) in [5.41, 5.74) is 1.04. The van der Waals surface area contributed by atoms with Crippen molar-refractivity contribution in [3.63, 3.8) is 0 Å². The molecule has 0 bridgehead atoms. The standard InChI is InChI=1S/C19H24FN3O/c20-18-6-1-4-16(14-18)7-8-17-5-2-11-22(15-17)19(24)9-13-23-12-3-10-21-23/h1,3-4,6,10,12,14,17H,2,5,7-9,11,13,15H2/t17-/m1/s1. The van der Waals surface area contributed by atoms with Gasteiger partial charge in [-0.25, -0.2) is 4.39 Å². The second kappa shape index (κ2) is 8.08. The number of hydrogen-bond donors (Lipinski definition) is 0. The normalized spacial score (nSPS) is 17.9. The molecule has 4 nitrogen and oxygen atoms in total. The van der Waals surface area contributed by atoms with Crippen molar-refractivity contribution in [1.82, 2.24) is 14.7 Å². The van der Waals surface area contributed by atoms with Crippen LogP contribution in [0.1, 0.15) is 31.2 Å². The molecule has 24 heavy (non-hydrogen) atoms. The Hall–Kier alpha value is -2.17. The second-order valence-corrected chi connectivity index (χ2v) is 6.54. The zero-order valence-electron chi connectivity index (χ0n) is 13.9. The van der Waals surface area contributed by atoms with Gasteiger partial charge in [-0.15, -0.1) is 0 Å². The first-order valence-corrected chi connectivity index (χ1v) is 8.70. The number of likely N-dealkylation sites (tertiary alicyclic amines) is 1. The van der Waals surface area contributed by atoms with E-state index in [4.69, 9.17) is 0 Å². The average molecular weight is 329 g/mol. The molecule has 0 saturated carbocycles. The smallest absolute Gasteiger partial charge is 0.224 e. The summed E-state index contributed by atoms with van der Waals surface area (Å²) < 4.78 is 15.0. The minimum absolute atomic E-state index is 0.174. The van der Waals surface area contributed by atoms with E-state index in [0.29, 0.717) is 18.9 Å². The van der Waals surface area contributed by atoms with Gasteiger partial charge in [-0.05, 0) is 55.4 Å². The molecule has 1 aromatic heterocycles. The van der Waals surface area contributed by atoms with Gasteiger partial charge in [0.15, 0.2) is 0 Å². The summed E-state index contributed by atoms with van der Waals surface area (Å²) in [6.45, 7) is 2.32. The number of nitrogens with zero attached hydrogens (tertiary/aromatic N) is 3. The Bertz CT molecular complexity index is 656. The van der Waals surface area contributed by atoms with Crippen LogP contribution in [0.5, 0.6) is 0 Å². The third kappa shape index (κ3) is 4.66. The Morgan fingerprint density at radius 3 is 3.04 bits per heavy atom. The topological polar surface area (TPSA) is 38.1 Å². The van der Waals surface area contributed by atoms with Crippen LogP contribution in [-0.4, -0.2) is 33.7 Å². The zero-order valence-corrected chi connectivity index (χ0v) is 13.9. The lowest BCUT2D eigenvalue weighted by molar-refractivity contribution is -0.133. The van der Waals surface area contributed by atoms with Crippen molar-refractivity contribution < 1.29 is 9.18 Å². The van der Waals surface area contributed by atoms with Gasteiger partial charge in [0.05, 0.1) is 0 Å². The summed E-state index contributed by atoms with van der Waals surface area (Å²) >= 11 is 0. The van der Waals surface area contributed by atoms with Crippen LogP contribution >= 0.6 is 0 Å². The lowest BCUT2D eigenvalue weighted by Crippen LogP contribution is -2.40. The van der Waals surface area contributed by atoms with E-state index >= 15 is 0 Å². The number of amides is 1. The van der Waals surface area contributed by atoms with E-state index in [1.54, 1.807) is 23.0 Å². The first-order valence-electron chi connectivity index (χ1n) is 8.70. The van der Waals surface area contributed by atoms with E-state index in [1.165, 1.54) is 6.07 Å². The van der Waals surface area contributed by atoms with Gasteiger partial charge >= 0.3 is 0 Å². The van der Waals surface area contributed by atoms with Crippen LogP contribution in [-0.2, 0) is 17.8 Å². The fourth-order valence-electron chi connectivity index (χ4n) is 3.39. The minimum Gasteiger partial charge on any atom is -0.342 e. The van der Waals surface area contributed by atoms with E-state index in [2.05, 4.69) is 5.10 Å². The molecule has 0 radical (unpaired) electrons. The highest BCUT2D eigenvalue weighted by Crippen LogP contribution is 2.22. The van der Waals surface area contributed by atoms with Crippen molar-refractivity contribution in [2.24, 2.45) is 5.92 Å². The molecular weight excluding hydrogens is 305 g/mol. The molecular formula is C19H24FN3O. The Kier molecular flexibility index (Phi) is 5.62. The highest BCUT2D eigenvalue weighted by atomic mass is 19.1. The molecule has 5 heteroatoms. The van der Waals surface area contributed by atoms with E-state index in [0.717, 1.165) is 44.3 Å². The van der Waals surface area contributed by atoms with Crippen molar-refractivity contribution in [2.45, 2.75) is 38.6 Å². The predicted octanol–water partition coefficient (Wildman–Crippen LogP) is 3.28. The van der Waals surface area contributed by atoms with Gasteiger partial charge in [-0.1, -0.05) is 12.1 Å². The molecule has 1 fully saturated rings. The number of aromatic nitrogens is 2. The predicted molar refractivity (Wildman–Crippen MR) is 90.9 cm³/mol. The largest absolute Gasteiger partial charge is 0.342 e.